The maximum Gasteiger partial charge on any atom is 0.250 e. The molecule has 0 unspecified atom stereocenters. The van der Waals surface area contributed by atoms with Gasteiger partial charge in [0.15, 0.2) is 0 Å². The number of likely N-dealkylation sites (tertiary alicyclic amines) is 2. The molecule has 5 aliphatic rings. The molecule has 208 valence electrons. The molecular weight excluding hydrogens is 480 g/mol. The van der Waals surface area contributed by atoms with E-state index in [1.165, 1.54) is 6.42 Å². The van der Waals surface area contributed by atoms with E-state index in [9.17, 15) is 19.2 Å². The highest BCUT2D eigenvalue weighted by Crippen LogP contribution is 2.38. The summed E-state index contributed by atoms with van der Waals surface area (Å²) in [6.45, 7) is 12.8. The molecule has 6 heterocycles. The number of hydrogen-bond donors (Lipinski definition) is 0. The first-order valence-electron chi connectivity index (χ1n) is 14.7. The van der Waals surface area contributed by atoms with E-state index in [1.807, 2.05) is 49.3 Å². The molecule has 0 N–H and O–H groups in total. The first-order chi connectivity index (χ1) is 18.1. The summed E-state index contributed by atoms with van der Waals surface area (Å²) in [6, 6.07) is 5.89. The van der Waals surface area contributed by atoms with Gasteiger partial charge in [-0.15, -0.1) is 0 Å². The fraction of sp³-hybridized carbons (Fsp3) is 0.733. The Bertz CT molecular complexity index is 1130. The molecule has 0 spiro atoms. The Balaban J connectivity index is 0.000000155. The van der Waals surface area contributed by atoms with E-state index in [-0.39, 0.29) is 29.2 Å². The highest BCUT2D eigenvalue weighted by atomic mass is 16.2. The van der Waals surface area contributed by atoms with E-state index in [1.54, 1.807) is 6.07 Å². The molecule has 8 heteroatoms. The van der Waals surface area contributed by atoms with Gasteiger partial charge in [0, 0.05) is 81.2 Å². The third kappa shape index (κ3) is 5.28. The molecular formula is C30H44N4O4. The van der Waals surface area contributed by atoms with Gasteiger partial charge in [0.25, 0.3) is 5.56 Å². The van der Waals surface area contributed by atoms with Gasteiger partial charge in [-0.1, -0.05) is 33.8 Å². The number of rotatable bonds is 2. The van der Waals surface area contributed by atoms with Crippen molar-refractivity contribution >= 4 is 17.7 Å². The van der Waals surface area contributed by atoms with Crippen molar-refractivity contribution in [2.75, 3.05) is 32.7 Å². The molecule has 0 aliphatic carbocycles. The molecule has 1 aromatic rings. The minimum Gasteiger partial charge on any atom is -0.342 e. The fourth-order valence-corrected chi connectivity index (χ4v) is 7.60. The maximum absolute atomic E-state index is 12.2. The Morgan fingerprint density at radius 2 is 1.47 bits per heavy atom. The van der Waals surface area contributed by atoms with Gasteiger partial charge in [-0.25, -0.2) is 0 Å². The summed E-state index contributed by atoms with van der Waals surface area (Å²) in [5.74, 6) is 2.76. The van der Waals surface area contributed by atoms with Crippen LogP contribution in [0.1, 0.15) is 71.4 Å². The number of piperidine rings is 4. The average Bonchev–Trinajstić information content (AvgIpc) is 2.89. The van der Waals surface area contributed by atoms with Crippen LogP contribution in [0.25, 0.3) is 0 Å². The second kappa shape index (κ2) is 10.9. The topological polar surface area (TPSA) is 82.9 Å². The van der Waals surface area contributed by atoms with Crippen LogP contribution in [0, 0.1) is 29.6 Å². The van der Waals surface area contributed by atoms with E-state index >= 15 is 0 Å². The lowest BCUT2D eigenvalue weighted by molar-refractivity contribution is -0.150. The van der Waals surface area contributed by atoms with E-state index < -0.39 is 0 Å². The number of carbonyl (C=O) groups is 3. The van der Waals surface area contributed by atoms with Gasteiger partial charge in [0.2, 0.25) is 17.7 Å². The number of fused-ring (bicyclic) bond motifs is 8. The molecule has 0 aromatic carbocycles. The third-order valence-electron chi connectivity index (χ3n) is 9.27. The molecule has 4 saturated heterocycles. The Labute approximate surface area is 226 Å². The zero-order chi connectivity index (χ0) is 27.1. The molecule has 38 heavy (non-hydrogen) atoms. The average molecular weight is 525 g/mol. The summed E-state index contributed by atoms with van der Waals surface area (Å²) in [6.07, 6.45) is 5.19. The SMILES string of the molecule is CC(C)C(=O)N1C[C@@H]2C[C@H](C1)[C@@H]1CCCC(=O)N1C2.CC(C)C(=O)N1C[C@@H]2C[C@H](C1)c1cccc(=O)n1C2. The Morgan fingerprint density at radius 1 is 0.816 bits per heavy atom. The molecule has 4 bridgehead atoms. The normalized spacial score (nSPS) is 29.9. The van der Waals surface area contributed by atoms with Crippen molar-refractivity contribution in [3.8, 4) is 0 Å². The van der Waals surface area contributed by atoms with E-state index in [2.05, 4.69) is 9.80 Å². The van der Waals surface area contributed by atoms with Gasteiger partial charge in [0.05, 0.1) is 0 Å². The number of nitrogens with zero attached hydrogens (tertiary/aromatic N) is 4. The fourth-order valence-electron chi connectivity index (χ4n) is 7.60. The Morgan fingerprint density at radius 3 is 2.16 bits per heavy atom. The molecule has 5 atom stereocenters. The summed E-state index contributed by atoms with van der Waals surface area (Å²) < 4.78 is 1.90. The smallest absolute Gasteiger partial charge is 0.250 e. The minimum absolute atomic E-state index is 0.0526. The van der Waals surface area contributed by atoms with E-state index in [4.69, 9.17) is 0 Å². The zero-order valence-electron chi connectivity index (χ0n) is 23.5. The third-order valence-corrected chi connectivity index (χ3v) is 9.27. The van der Waals surface area contributed by atoms with Gasteiger partial charge >= 0.3 is 0 Å². The van der Waals surface area contributed by atoms with Crippen LogP contribution in [-0.2, 0) is 20.9 Å². The van der Waals surface area contributed by atoms with Crippen molar-refractivity contribution in [1.29, 1.82) is 0 Å². The second-order valence-corrected chi connectivity index (χ2v) is 12.9. The van der Waals surface area contributed by atoms with Crippen LogP contribution in [-0.4, -0.2) is 75.8 Å². The Hall–Kier alpha value is -2.64. The first-order valence-corrected chi connectivity index (χ1v) is 14.7. The lowest BCUT2D eigenvalue weighted by Crippen LogP contribution is -2.61. The molecule has 1 aromatic heterocycles. The van der Waals surface area contributed by atoms with E-state index in [0.29, 0.717) is 35.6 Å². The standard InChI is InChI=1S/C15H24N2O2.C15H20N2O2/c2*1-10(2)15(19)16-7-11-6-12(9-16)13-4-3-5-14(18)17(13)8-11/h10-13H,3-9H2,1-2H3;3-5,10-12H,6-9H2,1-2H3/t11-,12+,13-;11-,12+/m00/s1. The number of pyridine rings is 1. The number of carbonyl (C=O) groups excluding carboxylic acids is 3. The van der Waals surface area contributed by atoms with Crippen molar-refractivity contribution in [2.24, 2.45) is 29.6 Å². The number of hydrogen-bond acceptors (Lipinski definition) is 4. The summed E-state index contributed by atoms with van der Waals surface area (Å²) in [5.41, 5.74) is 1.20. The molecule has 4 fully saturated rings. The Kier molecular flexibility index (Phi) is 7.70. The van der Waals surface area contributed by atoms with Gasteiger partial charge < -0.3 is 19.3 Å². The van der Waals surface area contributed by atoms with Gasteiger partial charge in [-0.05, 0) is 49.5 Å². The van der Waals surface area contributed by atoms with Gasteiger partial charge in [-0.3, -0.25) is 19.2 Å². The van der Waals surface area contributed by atoms with Crippen LogP contribution in [0.3, 0.4) is 0 Å². The molecule has 3 amide bonds. The van der Waals surface area contributed by atoms with Crippen molar-refractivity contribution in [3.05, 3.63) is 34.2 Å². The van der Waals surface area contributed by atoms with Crippen molar-refractivity contribution in [3.63, 3.8) is 0 Å². The number of aromatic nitrogens is 1. The molecule has 8 nitrogen and oxygen atoms in total. The van der Waals surface area contributed by atoms with Crippen LogP contribution in [0.4, 0.5) is 0 Å². The van der Waals surface area contributed by atoms with Crippen LogP contribution < -0.4 is 5.56 Å². The predicted molar refractivity (Wildman–Crippen MR) is 145 cm³/mol. The summed E-state index contributed by atoms with van der Waals surface area (Å²) in [5, 5.41) is 0. The first kappa shape index (κ1) is 26.9. The molecule has 0 saturated carbocycles. The van der Waals surface area contributed by atoms with Crippen LogP contribution >= 0.6 is 0 Å². The highest BCUT2D eigenvalue weighted by molar-refractivity contribution is 5.79. The monoisotopic (exact) mass is 524 g/mol. The lowest BCUT2D eigenvalue weighted by atomic mass is 9.76. The second-order valence-electron chi connectivity index (χ2n) is 12.9. The summed E-state index contributed by atoms with van der Waals surface area (Å²) in [7, 11) is 0. The van der Waals surface area contributed by atoms with Crippen LogP contribution in [0.5, 0.6) is 0 Å². The van der Waals surface area contributed by atoms with Gasteiger partial charge in [0.1, 0.15) is 0 Å². The number of amides is 3. The predicted octanol–water partition coefficient (Wildman–Crippen LogP) is 2.95. The molecule has 5 aliphatic heterocycles. The molecule has 6 rings (SSSR count). The zero-order valence-corrected chi connectivity index (χ0v) is 23.5. The minimum atomic E-state index is 0.0526. The highest BCUT2D eigenvalue weighted by Gasteiger charge is 2.45. The lowest BCUT2D eigenvalue weighted by Gasteiger charge is -2.52. The van der Waals surface area contributed by atoms with Crippen LogP contribution in [0.15, 0.2) is 23.0 Å². The maximum atomic E-state index is 12.2. The quantitative estimate of drug-likeness (QED) is 0.596. The van der Waals surface area contributed by atoms with Crippen LogP contribution in [0.2, 0.25) is 0 Å². The largest absolute Gasteiger partial charge is 0.342 e. The van der Waals surface area contributed by atoms with Crippen molar-refractivity contribution < 1.29 is 14.4 Å². The summed E-state index contributed by atoms with van der Waals surface area (Å²) in [4.78, 5) is 54.5. The van der Waals surface area contributed by atoms with Crippen molar-refractivity contribution in [1.82, 2.24) is 19.3 Å². The van der Waals surface area contributed by atoms with Gasteiger partial charge in [-0.2, -0.15) is 0 Å². The van der Waals surface area contributed by atoms with E-state index in [0.717, 1.165) is 70.6 Å². The summed E-state index contributed by atoms with van der Waals surface area (Å²) >= 11 is 0. The molecule has 0 radical (unpaired) electrons. The van der Waals surface area contributed by atoms with Crippen molar-refractivity contribution in [2.45, 2.75) is 78.3 Å².